The molecule has 0 saturated heterocycles. The van der Waals surface area contributed by atoms with Gasteiger partial charge < -0.3 is 15.4 Å². The fourth-order valence-electron chi connectivity index (χ4n) is 1.98. The normalized spacial score (nSPS) is 10.7. The number of nitrogens with one attached hydrogen (secondary N) is 2. The van der Waals surface area contributed by atoms with Gasteiger partial charge >= 0.3 is 11.7 Å². The molecule has 0 aliphatic carbocycles. The lowest BCUT2D eigenvalue weighted by Gasteiger charge is -2.05. The molecule has 1 aromatic heterocycles. The van der Waals surface area contributed by atoms with Crippen molar-refractivity contribution in [1.29, 1.82) is 0 Å². The zero-order chi connectivity index (χ0) is 14.7. The molecule has 0 fully saturated rings. The molecule has 0 saturated carbocycles. The number of rotatable bonds is 5. The Labute approximate surface area is 114 Å². The Balaban J connectivity index is 2.42. The molecule has 0 radical (unpaired) electrons. The lowest BCUT2D eigenvalue weighted by Crippen LogP contribution is -2.31. The minimum Gasteiger partial charge on any atom is -0.478 e. The molecule has 1 aromatic carbocycles. The third-order valence-corrected chi connectivity index (χ3v) is 2.91. The van der Waals surface area contributed by atoms with E-state index in [1.54, 1.807) is 12.1 Å². The van der Waals surface area contributed by atoms with Crippen LogP contribution < -0.4 is 11.0 Å². The third kappa shape index (κ3) is 2.56. The van der Waals surface area contributed by atoms with Gasteiger partial charge in [-0.2, -0.15) is 0 Å². The van der Waals surface area contributed by atoms with Crippen LogP contribution in [0.5, 0.6) is 0 Å². The molecule has 0 atom stereocenters. The van der Waals surface area contributed by atoms with Crippen LogP contribution in [-0.2, 0) is 11.3 Å². The molecule has 7 heteroatoms. The lowest BCUT2D eigenvalue weighted by molar-refractivity contribution is -0.121. The number of carboxylic acids is 1. The minimum absolute atomic E-state index is 0.00677. The van der Waals surface area contributed by atoms with Crippen molar-refractivity contribution in [2.24, 2.45) is 0 Å². The van der Waals surface area contributed by atoms with E-state index in [0.717, 1.165) is 6.42 Å². The maximum Gasteiger partial charge on any atom is 0.337 e. The maximum atomic E-state index is 11.9. The number of aromatic nitrogens is 2. The summed E-state index contributed by atoms with van der Waals surface area (Å²) in [4.78, 5) is 37.1. The fourth-order valence-corrected chi connectivity index (χ4v) is 1.98. The molecule has 106 valence electrons. The van der Waals surface area contributed by atoms with Crippen molar-refractivity contribution in [3.8, 4) is 0 Å². The Hall–Kier alpha value is -2.57. The van der Waals surface area contributed by atoms with E-state index in [9.17, 15) is 14.4 Å². The van der Waals surface area contributed by atoms with Crippen LogP contribution in [-0.4, -0.2) is 33.1 Å². The van der Waals surface area contributed by atoms with E-state index in [0.29, 0.717) is 12.1 Å². The molecule has 2 rings (SSSR count). The molecule has 0 unspecified atom stereocenters. The zero-order valence-electron chi connectivity index (χ0n) is 11.0. The van der Waals surface area contributed by atoms with Crippen molar-refractivity contribution in [1.82, 2.24) is 14.9 Å². The van der Waals surface area contributed by atoms with Crippen molar-refractivity contribution >= 4 is 22.9 Å². The Bertz CT molecular complexity index is 714. The highest BCUT2D eigenvalue weighted by Crippen LogP contribution is 2.15. The van der Waals surface area contributed by atoms with E-state index in [1.807, 2.05) is 6.92 Å². The van der Waals surface area contributed by atoms with Gasteiger partial charge in [0.25, 0.3) is 0 Å². The first-order valence-corrected chi connectivity index (χ1v) is 6.26. The topological polar surface area (TPSA) is 104 Å². The van der Waals surface area contributed by atoms with Crippen molar-refractivity contribution in [3.05, 3.63) is 34.2 Å². The van der Waals surface area contributed by atoms with Gasteiger partial charge in [-0.15, -0.1) is 0 Å². The number of aromatic carboxylic acids is 1. The number of amides is 1. The number of hydrogen-bond acceptors (Lipinski definition) is 3. The molecule has 1 amide bonds. The van der Waals surface area contributed by atoms with Gasteiger partial charge in [0.15, 0.2) is 0 Å². The summed E-state index contributed by atoms with van der Waals surface area (Å²) >= 11 is 0. The van der Waals surface area contributed by atoms with E-state index >= 15 is 0 Å². The highest BCUT2D eigenvalue weighted by molar-refractivity contribution is 6.01. The van der Waals surface area contributed by atoms with Crippen molar-refractivity contribution in [3.63, 3.8) is 0 Å². The number of carbonyl (C=O) groups is 2. The predicted molar refractivity (Wildman–Crippen MR) is 72.8 cm³/mol. The largest absolute Gasteiger partial charge is 0.478 e. The van der Waals surface area contributed by atoms with Gasteiger partial charge in [-0.05, 0) is 18.6 Å². The van der Waals surface area contributed by atoms with Crippen LogP contribution in [0.1, 0.15) is 23.7 Å². The van der Waals surface area contributed by atoms with Crippen LogP contribution >= 0.6 is 0 Å². The highest BCUT2D eigenvalue weighted by atomic mass is 16.4. The summed E-state index contributed by atoms with van der Waals surface area (Å²) < 4.78 is 1.23. The standard InChI is InChI=1S/C13H15N3O4/c1-2-6-14-10(17)7-16-9-5-3-4-8(12(18)19)11(9)15-13(16)20/h3-5H,2,6-7H2,1H3,(H,14,17)(H,15,20)(H,18,19). The Morgan fingerprint density at radius 3 is 2.80 bits per heavy atom. The number of aromatic amines is 1. The summed E-state index contributed by atoms with van der Waals surface area (Å²) in [5, 5.41) is 11.7. The van der Waals surface area contributed by atoms with Gasteiger partial charge in [-0.3, -0.25) is 9.36 Å². The van der Waals surface area contributed by atoms with Gasteiger partial charge in [0, 0.05) is 6.54 Å². The molecule has 2 aromatic rings. The molecule has 1 heterocycles. The number of imidazole rings is 1. The molecule has 7 nitrogen and oxygen atoms in total. The summed E-state index contributed by atoms with van der Waals surface area (Å²) in [6.07, 6.45) is 0.803. The summed E-state index contributed by atoms with van der Waals surface area (Å²) in [5.74, 6) is -1.41. The van der Waals surface area contributed by atoms with Crippen molar-refractivity contribution in [2.75, 3.05) is 6.54 Å². The summed E-state index contributed by atoms with van der Waals surface area (Å²) in [5.41, 5.74) is 0.141. The first kappa shape index (κ1) is 13.9. The van der Waals surface area contributed by atoms with E-state index in [-0.39, 0.29) is 23.5 Å². The van der Waals surface area contributed by atoms with Gasteiger partial charge in [0.1, 0.15) is 6.54 Å². The third-order valence-electron chi connectivity index (χ3n) is 2.91. The van der Waals surface area contributed by atoms with E-state index in [2.05, 4.69) is 10.3 Å². The van der Waals surface area contributed by atoms with Crippen LogP contribution in [0.3, 0.4) is 0 Å². The fraction of sp³-hybridized carbons (Fsp3) is 0.308. The lowest BCUT2D eigenvalue weighted by atomic mass is 10.2. The van der Waals surface area contributed by atoms with Crippen LogP contribution in [0.15, 0.2) is 23.0 Å². The zero-order valence-corrected chi connectivity index (χ0v) is 11.0. The molecular weight excluding hydrogens is 262 g/mol. The van der Waals surface area contributed by atoms with Gasteiger partial charge in [0.2, 0.25) is 5.91 Å². The number of fused-ring (bicyclic) bond motifs is 1. The molecule has 3 N–H and O–H groups in total. The van der Waals surface area contributed by atoms with Crippen molar-refractivity contribution in [2.45, 2.75) is 19.9 Å². The Kier molecular flexibility index (Phi) is 3.88. The van der Waals surface area contributed by atoms with Crippen LogP contribution in [0.4, 0.5) is 0 Å². The molecule has 0 spiro atoms. The number of hydrogen-bond donors (Lipinski definition) is 3. The number of para-hydroxylation sites is 1. The molecule has 0 bridgehead atoms. The summed E-state index contributed by atoms with van der Waals surface area (Å²) in [6.45, 7) is 2.33. The first-order valence-electron chi connectivity index (χ1n) is 6.26. The van der Waals surface area contributed by atoms with Gasteiger partial charge in [-0.25, -0.2) is 9.59 Å². The summed E-state index contributed by atoms with van der Waals surface area (Å²) in [7, 11) is 0. The molecule has 20 heavy (non-hydrogen) atoms. The number of carbonyl (C=O) groups excluding carboxylic acids is 1. The highest BCUT2D eigenvalue weighted by Gasteiger charge is 2.15. The monoisotopic (exact) mass is 277 g/mol. The second-order valence-corrected chi connectivity index (χ2v) is 4.37. The van der Waals surface area contributed by atoms with Crippen molar-refractivity contribution < 1.29 is 14.7 Å². The first-order chi connectivity index (χ1) is 9.54. The second-order valence-electron chi connectivity index (χ2n) is 4.37. The Morgan fingerprint density at radius 2 is 2.15 bits per heavy atom. The molecule has 0 aliphatic rings. The maximum absolute atomic E-state index is 11.9. The predicted octanol–water partition coefficient (Wildman–Crippen LogP) is 0.554. The number of nitrogens with zero attached hydrogens (tertiary/aromatic N) is 1. The van der Waals surface area contributed by atoms with Crippen LogP contribution in [0, 0.1) is 0 Å². The smallest absolute Gasteiger partial charge is 0.337 e. The van der Waals surface area contributed by atoms with Gasteiger partial charge in [-0.1, -0.05) is 13.0 Å². The number of benzene rings is 1. The van der Waals surface area contributed by atoms with E-state index in [4.69, 9.17) is 5.11 Å². The minimum atomic E-state index is -1.13. The summed E-state index contributed by atoms with van der Waals surface area (Å²) in [6, 6.07) is 4.55. The SMILES string of the molecule is CCCNC(=O)Cn1c(=O)[nH]c2c(C(=O)O)cccc21. The molecule has 0 aliphatic heterocycles. The average Bonchev–Trinajstić information content (AvgIpc) is 2.72. The Morgan fingerprint density at radius 1 is 1.40 bits per heavy atom. The molecular formula is C13H15N3O4. The van der Waals surface area contributed by atoms with Crippen LogP contribution in [0.2, 0.25) is 0 Å². The number of carboxylic acid groups (broad SMARTS) is 1. The van der Waals surface area contributed by atoms with E-state index in [1.165, 1.54) is 10.6 Å². The second kappa shape index (κ2) is 5.60. The van der Waals surface area contributed by atoms with Crippen LogP contribution in [0.25, 0.3) is 11.0 Å². The average molecular weight is 277 g/mol. The van der Waals surface area contributed by atoms with Gasteiger partial charge in [0.05, 0.1) is 16.6 Å². The van der Waals surface area contributed by atoms with E-state index < -0.39 is 11.7 Å². The number of H-pyrrole nitrogens is 1. The quantitative estimate of drug-likeness (QED) is 0.742.